The van der Waals surface area contributed by atoms with Gasteiger partial charge in [0.1, 0.15) is 17.7 Å². The summed E-state index contributed by atoms with van der Waals surface area (Å²) in [6.45, 7) is 2.52. The van der Waals surface area contributed by atoms with E-state index in [-0.39, 0.29) is 5.56 Å². The lowest BCUT2D eigenvalue weighted by Crippen LogP contribution is -2.07. The quantitative estimate of drug-likeness (QED) is 0.890. The lowest BCUT2D eigenvalue weighted by atomic mass is 10.1. The Morgan fingerprint density at radius 1 is 1.29 bits per heavy atom. The van der Waals surface area contributed by atoms with E-state index in [1.54, 1.807) is 10.9 Å². The first-order valence-corrected chi connectivity index (χ1v) is 5.26. The Balaban J connectivity index is 2.39. The highest BCUT2D eigenvalue weighted by atomic mass is 19.1. The number of aliphatic hydroxyl groups excluding tert-OH is 1. The summed E-state index contributed by atoms with van der Waals surface area (Å²) < 4.78 is 27.8. The van der Waals surface area contributed by atoms with Gasteiger partial charge in [-0.3, -0.25) is 0 Å². The highest BCUT2D eigenvalue weighted by molar-refractivity contribution is 5.26. The van der Waals surface area contributed by atoms with E-state index < -0.39 is 17.7 Å². The largest absolute Gasteiger partial charge is 0.382 e. The summed E-state index contributed by atoms with van der Waals surface area (Å²) in [5.74, 6) is -1.41. The lowest BCUT2D eigenvalue weighted by Gasteiger charge is -2.13. The maximum Gasteiger partial charge on any atom is 0.126 e. The number of benzene rings is 1. The zero-order valence-corrected chi connectivity index (χ0v) is 9.27. The zero-order valence-electron chi connectivity index (χ0n) is 9.27. The van der Waals surface area contributed by atoms with Gasteiger partial charge in [-0.25, -0.2) is 13.8 Å². The van der Waals surface area contributed by atoms with Crippen molar-refractivity contribution in [2.24, 2.45) is 0 Å². The van der Waals surface area contributed by atoms with Crippen LogP contribution in [0.5, 0.6) is 0 Å². The van der Waals surface area contributed by atoms with E-state index in [0.717, 1.165) is 18.2 Å². The molecule has 1 aromatic carbocycles. The van der Waals surface area contributed by atoms with Crippen molar-refractivity contribution in [1.29, 1.82) is 0 Å². The number of nitrogens with zero attached hydrogens (tertiary/aromatic N) is 2. The fraction of sp³-hybridized carbons (Fsp3) is 0.250. The Morgan fingerprint density at radius 2 is 1.94 bits per heavy atom. The average molecular weight is 238 g/mol. The van der Waals surface area contributed by atoms with Crippen LogP contribution < -0.4 is 0 Å². The van der Waals surface area contributed by atoms with Crippen molar-refractivity contribution in [2.75, 3.05) is 0 Å². The van der Waals surface area contributed by atoms with Crippen LogP contribution in [0.2, 0.25) is 0 Å². The Labute approximate surface area is 97.3 Å². The summed E-state index contributed by atoms with van der Waals surface area (Å²) in [7, 11) is 0. The average Bonchev–Trinajstić information content (AvgIpc) is 2.74. The van der Waals surface area contributed by atoms with E-state index in [1.807, 2.05) is 6.92 Å². The van der Waals surface area contributed by atoms with E-state index in [0.29, 0.717) is 12.2 Å². The molecule has 90 valence electrons. The van der Waals surface area contributed by atoms with Gasteiger partial charge in [0.25, 0.3) is 0 Å². The molecule has 0 fully saturated rings. The number of aromatic nitrogens is 2. The molecule has 0 aliphatic carbocycles. The predicted octanol–water partition coefficient (Wildman–Crippen LogP) is 2.26. The first-order chi connectivity index (χ1) is 8.11. The topological polar surface area (TPSA) is 38.0 Å². The van der Waals surface area contributed by atoms with Crippen molar-refractivity contribution >= 4 is 0 Å². The molecule has 1 heterocycles. The molecule has 1 N–H and O–H groups in total. The van der Waals surface area contributed by atoms with Crippen LogP contribution >= 0.6 is 0 Å². The maximum atomic E-state index is 13.0. The normalized spacial score (nSPS) is 12.7. The zero-order chi connectivity index (χ0) is 12.4. The van der Waals surface area contributed by atoms with Crippen molar-refractivity contribution in [3.05, 3.63) is 53.6 Å². The number of hydrogen-bond donors (Lipinski definition) is 1. The molecule has 5 heteroatoms. The molecular weight excluding hydrogens is 226 g/mol. The fourth-order valence-corrected chi connectivity index (χ4v) is 1.73. The number of imidazole rings is 1. The maximum absolute atomic E-state index is 13.0. The molecule has 3 nitrogen and oxygen atoms in total. The van der Waals surface area contributed by atoms with Crippen LogP contribution in [0.4, 0.5) is 8.78 Å². The third-order valence-electron chi connectivity index (χ3n) is 2.57. The molecule has 0 saturated carbocycles. The van der Waals surface area contributed by atoms with Gasteiger partial charge >= 0.3 is 0 Å². The van der Waals surface area contributed by atoms with Gasteiger partial charge in [-0.15, -0.1) is 0 Å². The van der Waals surface area contributed by atoms with Crippen molar-refractivity contribution in [2.45, 2.75) is 19.6 Å². The molecule has 0 radical (unpaired) electrons. The van der Waals surface area contributed by atoms with E-state index in [9.17, 15) is 13.9 Å². The van der Waals surface area contributed by atoms with Gasteiger partial charge < -0.3 is 9.67 Å². The Morgan fingerprint density at radius 3 is 2.53 bits per heavy atom. The first-order valence-electron chi connectivity index (χ1n) is 5.26. The van der Waals surface area contributed by atoms with Gasteiger partial charge in [-0.05, 0) is 24.6 Å². The molecule has 0 aliphatic heterocycles. The van der Waals surface area contributed by atoms with Crippen molar-refractivity contribution in [3.8, 4) is 0 Å². The third-order valence-corrected chi connectivity index (χ3v) is 2.57. The van der Waals surface area contributed by atoms with Crippen LogP contribution in [0.1, 0.15) is 24.3 Å². The number of aryl methyl sites for hydroxylation is 1. The van der Waals surface area contributed by atoms with E-state index in [2.05, 4.69) is 4.98 Å². The number of hydrogen-bond acceptors (Lipinski definition) is 2. The highest BCUT2D eigenvalue weighted by Gasteiger charge is 2.16. The second-order valence-corrected chi connectivity index (χ2v) is 3.71. The predicted molar refractivity (Wildman–Crippen MR) is 58.3 cm³/mol. The minimum atomic E-state index is -1.08. The first kappa shape index (κ1) is 11.7. The summed E-state index contributed by atoms with van der Waals surface area (Å²) in [6.07, 6.45) is 1.97. The third kappa shape index (κ3) is 2.34. The minimum Gasteiger partial charge on any atom is -0.382 e. The molecule has 1 atom stereocenters. The Hall–Kier alpha value is -1.75. The van der Waals surface area contributed by atoms with Crippen LogP contribution in [-0.4, -0.2) is 14.7 Å². The molecule has 0 aliphatic rings. The van der Waals surface area contributed by atoms with Gasteiger partial charge in [-0.1, -0.05) is 0 Å². The standard InChI is InChI=1S/C12H12F2N2O/c1-2-16-7-15-6-11(16)12(17)8-3-9(13)5-10(14)4-8/h3-7,12,17H,2H2,1H3. The molecule has 0 amide bonds. The van der Waals surface area contributed by atoms with Crippen molar-refractivity contribution < 1.29 is 13.9 Å². The second kappa shape index (κ2) is 4.63. The molecule has 2 aromatic rings. The lowest BCUT2D eigenvalue weighted by molar-refractivity contribution is 0.209. The van der Waals surface area contributed by atoms with Crippen LogP contribution in [0, 0.1) is 11.6 Å². The molecule has 1 aromatic heterocycles. The fourth-order valence-electron chi connectivity index (χ4n) is 1.73. The van der Waals surface area contributed by atoms with Crippen LogP contribution in [0.15, 0.2) is 30.7 Å². The summed E-state index contributed by atoms with van der Waals surface area (Å²) in [4.78, 5) is 3.90. The summed E-state index contributed by atoms with van der Waals surface area (Å²) in [5.41, 5.74) is 0.690. The van der Waals surface area contributed by atoms with Crippen LogP contribution in [0.3, 0.4) is 0 Å². The monoisotopic (exact) mass is 238 g/mol. The smallest absolute Gasteiger partial charge is 0.126 e. The minimum absolute atomic E-state index is 0.178. The van der Waals surface area contributed by atoms with Gasteiger partial charge in [0.15, 0.2) is 0 Å². The second-order valence-electron chi connectivity index (χ2n) is 3.71. The number of halogens is 2. The molecule has 0 saturated heterocycles. The van der Waals surface area contributed by atoms with Gasteiger partial charge in [0.2, 0.25) is 0 Å². The van der Waals surface area contributed by atoms with Gasteiger partial charge in [0, 0.05) is 12.6 Å². The van der Waals surface area contributed by atoms with Crippen LogP contribution in [-0.2, 0) is 6.54 Å². The highest BCUT2D eigenvalue weighted by Crippen LogP contribution is 2.23. The SMILES string of the molecule is CCn1cncc1C(O)c1cc(F)cc(F)c1. The number of rotatable bonds is 3. The van der Waals surface area contributed by atoms with Crippen molar-refractivity contribution in [3.63, 3.8) is 0 Å². The van der Waals surface area contributed by atoms with Gasteiger partial charge in [0.05, 0.1) is 18.2 Å². The van der Waals surface area contributed by atoms with E-state index >= 15 is 0 Å². The Bertz CT molecular complexity index is 505. The number of aliphatic hydroxyl groups is 1. The molecule has 0 bridgehead atoms. The summed E-state index contributed by atoms with van der Waals surface area (Å²) in [6, 6.07) is 2.99. The van der Waals surface area contributed by atoms with E-state index in [4.69, 9.17) is 0 Å². The van der Waals surface area contributed by atoms with Crippen molar-refractivity contribution in [1.82, 2.24) is 9.55 Å². The molecule has 0 spiro atoms. The molecular formula is C12H12F2N2O. The Kier molecular flexibility index (Phi) is 3.19. The molecule has 17 heavy (non-hydrogen) atoms. The molecule has 2 rings (SSSR count). The van der Waals surface area contributed by atoms with Gasteiger partial charge in [-0.2, -0.15) is 0 Å². The summed E-state index contributed by atoms with van der Waals surface area (Å²) in [5, 5.41) is 10.0. The molecule has 1 unspecified atom stereocenters. The van der Waals surface area contributed by atoms with E-state index in [1.165, 1.54) is 6.20 Å². The summed E-state index contributed by atoms with van der Waals surface area (Å²) >= 11 is 0. The van der Waals surface area contributed by atoms with Crippen LogP contribution in [0.25, 0.3) is 0 Å².